The molecule has 14 heteroatoms. The molecule has 12 nitrogen and oxygen atoms in total. The molecule has 0 saturated heterocycles. The van der Waals surface area contributed by atoms with Crippen LogP contribution in [-0.2, 0) is 34.3 Å². The quantitative estimate of drug-likeness (QED) is 0.125. The molecule has 1 fully saturated rings. The van der Waals surface area contributed by atoms with Crippen molar-refractivity contribution < 1.29 is 23.1 Å². The lowest BCUT2D eigenvalue weighted by molar-refractivity contribution is -0.125. The average Bonchev–Trinajstić information content (AvgIpc) is 3.83. The molecule has 0 bridgehead atoms. The van der Waals surface area contributed by atoms with Gasteiger partial charge in [0.15, 0.2) is 0 Å². The molecule has 4 atom stereocenters. The van der Waals surface area contributed by atoms with Gasteiger partial charge in [-0.05, 0) is 54.4 Å². The van der Waals surface area contributed by atoms with Crippen molar-refractivity contribution in [3.8, 4) is 0 Å². The summed E-state index contributed by atoms with van der Waals surface area (Å²) in [5, 5.41) is 23.6. The summed E-state index contributed by atoms with van der Waals surface area (Å²) in [4.78, 5) is 44.4. The van der Waals surface area contributed by atoms with E-state index in [1.54, 1.807) is 30.5 Å². The second kappa shape index (κ2) is 19.4. The van der Waals surface area contributed by atoms with Crippen LogP contribution in [0.5, 0.6) is 0 Å². The molecule has 1 aliphatic rings. The van der Waals surface area contributed by atoms with Crippen LogP contribution < -0.4 is 10.6 Å². The first-order valence-electron chi connectivity index (χ1n) is 18.2. The van der Waals surface area contributed by atoms with Crippen LogP contribution in [0.3, 0.4) is 0 Å². The minimum Gasteiger partial charge on any atom is -0.390 e. The van der Waals surface area contributed by atoms with Crippen molar-refractivity contribution in [3.05, 3.63) is 86.7 Å². The number of aliphatic hydroxyl groups excluding tert-OH is 1. The first-order chi connectivity index (χ1) is 24.8. The standard InChI is InChI=1S/C38H54N6O6S2/c1-6-27(4)35(42-38(47)43(5)23-31-25-51-37(40-31)26(2)3)36(46)41-33(20-28-12-8-7-9-13-28)34(45)24-44(22-30-14-10-11-15-30)52(49,50)32-18-16-29(17-19-32)21-39-48/h7-9,12-13,16-19,25-27,30,33-35,45H,6,10-11,14-15,20-24H2,1-5H3,(H,41,46)(H,42,47)/t27-,33-,34+,35-/m0/s1. The maximum Gasteiger partial charge on any atom is 0.318 e. The predicted octanol–water partition coefficient (Wildman–Crippen LogP) is 6.06. The first kappa shape index (κ1) is 41.0. The highest BCUT2D eigenvalue weighted by Crippen LogP contribution is 2.29. The van der Waals surface area contributed by atoms with Gasteiger partial charge in [0.05, 0.1) is 34.3 Å². The van der Waals surface area contributed by atoms with E-state index in [0.717, 1.165) is 41.9 Å². The number of hydrogen-bond donors (Lipinski definition) is 3. The van der Waals surface area contributed by atoms with Crippen molar-refractivity contribution in [1.82, 2.24) is 24.8 Å². The van der Waals surface area contributed by atoms with E-state index in [1.165, 1.54) is 21.3 Å². The second-order valence-corrected chi connectivity index (χ2v) is 17.1. The fourth-order valence-corrected chi connectivity index (χ4v) is 8.78. The van der Waals surface area contributed by atoms with Crippen molar-refractivity contribution in [2.75, 3.05) is 20.1 Å². The van der Waals surface area contributed by atoms with E-state index in [0.29, 0.717) is 12.0 Å². The number of benzene rings is 2. The molecule has 52 heavy (non-hydrogen) atoms. The highest BCUT2D eigenvalue weighted by molar-refractivity contribution is 7.89. The maximum absolute atomic E-state index is 14.1. The molecular weight excluding hydrogens is 701 g/mol. The summed E-state index contributed by atoms with van der Waals surface area (Å²) in [5.41, 5.74) is 2.22. The number of carbonyl (C=O) groups excluding carboxylic acids is 2. The van der Waals surface area contributed by atoms with Crippen molar-refractivity contribution in [2.24, 2.45) is 17.0 Å². The van der Waals surface area contributed by atoms with Gasteiger partial charge in [-0.15, -0.1) is 11.3 Å². The summed E-state index contributed by atoms with van der Waals surface area (Å²) in [6.45, 7) is 8.16. The number of carbonyl (C=O) groups is 2. The molecule has 0 spiro atoms. The van der Waals surface area contributed by atoms with E-state index >= 15 is 0 Å². The van der Waals surface area contributed by atoms with Crippen LogP contribution in [0.4, 0.5) is 4.79 Å². The fourth-order valence-electron chi connectivity index (χ4n) is 6.42. The fraction of sp³-hybridized carbons (Fsp3) is 0.553. The van der Waals surface area contributed by atoms with Gasteiger partial charge in [0.25, 0.3) is 0 Å². The molecule has 284 valence electrons. The summed E-state index contributed by atoms with van der Waals surface area (Å²) in [7, 11) is -2.40. The Hall–Kier alpha value is -3.72. The van der Waals surface area contributed by atoms with E-state index in [9.17, 15) is 28.0 Å². The highest BCUT2D eigenvalue weighted by atomic mass is 32.2. The number of amides is 3. The monoisotopic (exact) mass is 754 g/mol. The number of nitrogens with one attached hydrogen (secondary N) is 2. The highest BCUT2D eigenvalue weighted by Gasteiger charge is 2.35. The Labute approximate surface area is 312 Å². The third-order valence-electron chi connectivity index (χ3n) is 9.81. The average molecular weight is 755 g/mol. The van der Waals surface area contributed by atoms with Crippen LogP contribution in [0, 0.1) is 16.7 Å². The Bertz CT molecular complexity index is 1700. The summed E-state index contributed by atoms with van der Waals surface area (Å²) in [6.07, 6.45) is 3.37. The van der Waals surface area contributed by atoms with Crippen LogP contribution >= 0.6 is 11.3 Å². The SMILES string of the molecule is CC[C@H](C)[C@H](NC(=O)N(C)Cc1csc(C(C)C)n1)C(=O)N[C@@H](Cc1ccccc1)[C@H](O)CN(CC1CCCC1)S(=O)(=O)c1ccc(CN=O)cc1. The van der Waals surface area contributed by atoms with Crippen LogP contribution in [0.15, 0.2) is 70.0 Å². The lowest BCUT2D eigenvalue weighted by Crippen LogP contribution is -2.58. The number of hydrogen-bond acceptors (Lipinski definition) is 9. The molecule has 3 aromatic rings. The summed E-state index contributed by atoms with van der Waals surface area (Å²) < 4.78 is 29.5. The first-order valence-corrected chi connectivity index (χ1v) is 20.5. The van der Waals surface area contributed by atoms with E-state index in [1.807, 2.05) is 49.6 Å². The molecule has 0 unspecified atom stereocenters. The Morgan fingerprint density at radius 3 is 2.29 bits per heavy atom. The van der Waals surface area contributed by atoms with Crippen LogP contribution in [0.1, 0.15) is 87.5 Å². The lowest BCUT2D eigenvalue weighted by Gasteiger charge is -2.33. The summed E-state index contributed by atoms with van der Waals surface area (Å²) in [6, 6.07) is 13.2. The zero-order chi connectivity index (χ0) is 37.8. The molecule has 1 heterocycles. The van der Waals surface area contributed by atoms with Crippen LogP contribution in [0.25, 0.3) is 0 Å². The molecule has 1 aliphatic carbocycles. The third kappa shape index (κ3) is 11.4. The number of aromatic nitrogens is 1. The number of thiazole rings is 1. The second-order valence-electron chi connectivity index (χ2n) is 14.3. The molecule has 3 amide bonds. The Kier molecular flexibility index (Phi) is 15.3. The third-order valence-corrected chi connectivity index (χ3v) is 12.8. The topological polar surface area (TPSA) is 161 Å². The smallest absolute Gasteiger partial charge is 0.318 e. The number of aliphatic hydroxyl groups is 1. The van der Waals surface area contributed by atoms with Gasteiger partial charge < -0.3 is 20.6 Å². The molecule has 4 rings (SSSR count). The van der Waals surface area contributed by atoms with Gasteiger partial charge in [-0.2, -0.15) is 9.21 Å². The van der Waals surface area contributed by atoms with Gasteiger partial charge in [0, 0.05) is 31.4 Å². The Morgan fingerprint density at radius 1 is 1.02 bits per heavy atom. The van der Waals surface area contributed by atoms with Crippen LogP contribution in [0.2, 0.25) is 0 Å². The van der Waals surface area contributed by atoms with Gasteiger partial charge in [0.1, 0.15) is 12.6 Å². The van der Waals surface area contributed by atoms with Crippen molar-refractivity contribution in [1.29, 1.82) is 0 Å². The van der Waals surface area contributed by atoms with Crippen molar-refractivity contribution >= 4 is 33.3 Å². The molecule has 1 saturated carbocycles. The number of nitroso groups, excluding NO2 is 1. The molecule has 0 radical (unpaired) electrons. The normalized spacial score (nSPS) is 16.0. The minimum atomic E-state index is -4.05. The summed E-state index contributed by atoms with van der Waals surface area (Å²) >= 11 is 1.55. The van der Waals surface area contributed by atoms with E-state index in [2.05, 4.69) is 34.6 Å². The predicted molar refractivity (Wildman–Crippen MR) is 204 cm³/mol. The van der Waals surface area contributed by atoms with Crippen LogP contribution in [-0.4, -0.2) is 78.0 Å². The number of nitrogens with zero attached hydrogens (tertiary/aromatic N) is 4. The van der Waals surface area contributed by atoms with Crippen molar-refractivity contribution in [3.63, 3.8) is 0 Å². The van der Waals surface area contributed by atoms with Gasteiger partial charge >= 0.3 is 6.03 Å². The van der Waals surface area contributed by atoms with Crippen molar-refractivity contribution in [2.45, 2.75) is 108 Å². The molecule has 2 aromatic carbocycles. The van der Waals surface area contributed by atoms with E-state index in [-0.39, 0.29) is 55.2 Å². The van der Waals surface area contributed by atoms with E-state index in [4.69, 9.17) is 0 Å². The van der Waals surface area contributed by atoms with Gasteiger partial charge in [-0.1, -0.05) is 94.6 Å². The minimum absolute atomic E-state index is 0.0535. The largest absolute Gasteiger partial charge is 0.390 e. The Balaban J connectivity index is 1.56. The lowest BCUT2D eigenvalue weighted by atomic mass is 9.96. The number of urea groups is 1. The van der Waals surface area contributed by atoms with Gasteiger partial charge in [-0.3, -0.25) is 4.79 Å². The molecule has 1 aromatic heterocycles. The molecule has 0 aliphatic heterocycles. The number of rotatable bonds is 19. The summed E-state index contributed by atoms with van der Waals surface area (Å²) in [5.74, 6) is -0.276. The van der Waals surface area contributed by atoms with E-state index < -0.39 is 40.1 Å². The number of sulfonamides is 1. The zero-order valence-electron chi connectivity index (χ0n) is 30.9. The molecule has 3 N–H and O–H groups in total. The van der Waals surface area contributed by atoms with Gasteiger partial charge in [0.2, 0.25) is 15.9 Å². The molecular formula is C38H54N6O6S2. The van der Waals surface area contributed by atoms with Gasteiger partial charge in [-0.25, -0.2) is 18.2 Å². The maximum atomic E-state index is 14.1. The zero-order valence-corrected chi connectivity index (χ0v) is 32.5. The Morgan fingerprint density at radius 2 is 1.69 bits per heavy atom.